The zero-order chi connectivity index (χ0) is 14.0. The largest absolute Gasteiger partial charge is 0.0924 e. The first-order chi connectivity index (χ1) is 9.88. The maximum atomic E-state index is 3.51. The van der Waals surface area contributed by atoms with Crippen LogP contribution in [0.5, 0.6) is 0 Å². The number of aryl methyl sites for hydroxylation is 3. The molecule has 0 nitrogen and oxygen atoms in total. The molecule has 0 aliphatic carbocycles. The van der Waals surface area contributed by atoms with E-state index in [2.05, 4.69) is 70.5 Å². The lowest BCUT2D eigenvalue weighted by molar-refractivity contribution is 0.678. The molecule has 0 amide bonds. The summed E-state index contributed by atoms with van der Waals surface area (Å²) in [7, 11) is 0. The number of rotatable bonds is 8. The van der Waals surface area contributed by atoms with E-state index in [4.69, 9.17) is 0 Å². The lowest BCUT2D eigenvalue weighted by Gasteiger charge is -2.05. The first-order valence-electron chi connectivity index (χ1n) is 7.56. The van der Waals surface area contributed by atoms with E-state index in [9.17, 15) is 0 Å². The summed E-state index contributed by atoms with van der Waals surface area (Å²) in [5.41, 5.74) is 4.40. The second kappa shape index (κ2) is 8.97. The van der Waals surface area contributed by atoms with Crippen LogP contribution in [0.3, 0.4) is 0 Å². The number of benzene rings is 2. The molecule has 0 radical (unpaired) electrons. The molecule has 106 valence electrons. The van der Waals surface area contributed by atoms with E-state index in [0.29, 0.717) is 0 Å². The Kier molecular flexibility index (Phi) is 6.86. The van der Waals surface area contributed by atoms with Gasteiger partial charge in [0.15, 0.2) is 0 Å². The Labute approximate surface area is 131 Å². The second-order valence-electron chi connectivity index (χ2n) is 5.31. The van der Waals surface area contributed by atoms with Crippen molar-refractivity contribution in [3.05, 3.63) is 71.3 Å². The molecule has 0 aliphatic rings. The Morgan fingerprint density at radius 1 is 0.600 bits per heavy atom. The van der Waals surface area contributed by atoms with Gasteiger partial charge in [0, 0.05) is 5.33 Å². The molecule has 0 unspecified atom stereocenters. The van der Waals surface area contributed by atoms with Crippen molar-refractivity contribution in [2.24, 2.45) is 0 Å². The summed E-state index contributed by atoms with van der Waals surface area (Å²) in [6.07, 6.45) is 7.46. The molecule has 0 heterocycles. The van der Waals surface area contributed by atoms with Crippen LogP contribution in [0.1, 0.15) is 36.0 Å². The first kappa shape index (κ1) is 15.3. The van der Waals surface area contributed by atoms with Gasteiger partial charge in [0.2, 0.25) is 0 Å². The van der Waals surface area contributed by atoms with Crippen LogP contribution in [0.25, 0.3) is 0 Å². The highest BCUT2D eigenvalue weighted by Gasteiger charge is 1.97. The Morgan fingerprint density at radius 2 is 1.20 bits per heavy atom. The van der Waals surface area contributed by atoms with Gasteiger partial charge >= 0.3 is 0 Å². The maximum absolute atomic E-state index is 3.51. The Hall–Kier alpha value is -1.08. The van der Waals surface area contributed by atoms with Crippen LogP contribution in [-0.2, 0) is 19.3 Å². The number of hydrogen-bond acceptors (Lipinski definition) is 0. The number of hydrogen-bond donors (Lipinski definition) is 0. The topological polar surface area (TPSA) is 0 Å². The van der Waals surface area contributed by atoms with E-state index in [-0.39, 0.29) is 0 Å². The van der Waals surface area contributed by atoms with Gasteiger partial charge in [-0.3, -0.25) is 0 Å². The molecular formula is C19H23Br. The molecule has 0 aliphatic heterocycles. The molecule has 1 heteroatoms. The van der Waals surface area contributed by atoms with Crippen LogP contribution in [0.2, 0.25) is 0 Å². The molecule has 2 aromatic rings. The fourth-order valence-electron chi connectivity index (χ4n) is 2.53. The van der Waals surface area contributed by atoms with Gasteiger partial charge in [0.1, 0.15) is 0 Å². The molecule has 2 rings (SSSR count). The monoisotopic (exact) mass is 330 g/mol. The third-order valence-electron chi connectivity index (χ3n) is 3.65. The zero-order valence-corrected chi connectivity index (χ0v) is 13.6. The molecule has 0 saturated heterocycles. The van der Waals surface area contributed by atoms with Crippen LogP contribution >= 0.6 is 15.9 Å². The summed E-state index contributed by atoms with van der Waals surface area (Å²) < 4.78 is 0. The van der Waals surface area contributed by atoms with E-state index in [1.807, 2.05) is 0 Å². The minimum absolute atomic E-state index is 1.05. The average Bonchev–Trinajstić information content (AvgIpc) is 2.49. The fourth-order valence-corrected chi connectivity index (χ4v) is 2.99. The Balaban J connectivity index is 1.67. The third kappa shape index (κ3) is 5.50. The van der Waals surface area contributed by atoms with Crippen molar-refractivity contribution in [2.45, 2.75) is 38.5 Å². The molecule has 20 heavy (non-hydrogen) atoms. The van der Waals surface area contributed by atoms with Crippen molar-refractivity contribution in [3.8, 4) is 0 Å². The van der Waals surface area contributed by atoms with Gasteiger partial charge in [-0.1, -0.05) is 76.9 Å². The summed E-state index contributed by atoms with van der Waals surface area (Å²) in [6.45, 7) is 0. The number of unbranched alkanes of at least 4 members (excludes halogenated alkanes) is 2. The highest BCUT2D eigenvalue weighted by molar-refractivity contribution is 9.09. The second-order valence-corrected chi connectivity index (χ2v) is 6.10. The lowest BCUT2D eigenvalue weighted by atomic mass is 10.0. The van der Waals surface area contributed by atoms with E-state index >= 15 is 0 Å². The minimum Gasteiger partial charge on any atom is -0.0924 e. The van der Waals surface area contributed by atoms with Gasteiger partial charge < -0.3 is 0 Å². The molecule has 0 bridgehead atoms. The first-order valence-corrected chi connectivity index (χ1v) is 8.68. The van der Waals surface area contributed by atoms with Crippen LogP contribution < -0.4 is 0 Å². The van der Waals surface area contributed by atoms with E-state index in [0.717, 1.165) is 11.8 Å². The summed E-state index contributed by atoms with van der Waals surface area (Å²) in [6, 6.07) is 19.8. The molecule has 0 saturated carbocycles. The molecule has 0 aromatic heterocycles. The summed E-state index contributed by atoms with van der Waals surface area (Å²) in [4.78, 5) is 0. The Bertz CT molecular complexity index is 490. The Morgan fingerprint density at radius 3 is 1.90 bits per heavy atom. The minimum atomic E-state index is 1.05. The van der Waals surface area contributed by atoms with Crippen LogP contribution in [0, 0.1) is 0 Å². The lowest BCUT2D eigenvalue weighted by Crippen LogP contribution is -1.91. The van der Waals surface area contributed by atoms with Crippen molar-refractivity contribution < 1.29 is 0 Å². The van der Waals surface area contributed by atoms with Crippen LogP contribution in [-0.4, -0.2) is 5.33 Å². The quantitative estimate of drug-likeness (QED) is 0.437. The zero-order valence-electron chi connectivity index (χ0n) is 12.0. The maximum Gasteiger partial charge on any atom is 0.00718 e. The smallest absolute Gasteiger partial charge is 0.00718 e. The van der Waals surface area contributed by atoms with E-state index in [1.165, 1.54) is 48.8 Å². The summed E-state index contributed by atoms with van der Waals surface area (Å²) >= 11 is 3.51. The molecular weight excluding hydrogens is 308 g/mol. The van der Waals surface area contributed by atoms with Gasteiger partial charge in [-0.05, 0) is 48.8 Å². The summed E-state index contributed by atoms with van der Waals surface area (Å²) in [5.74, 6) is 0. The molecule has 0 N–H and O–H groups in total. The summed E-state index contributed by atoms with van der Waals surface area (Å²) in [5, 5.41) is 1.05. The van der Waals surface area contributed by atoms with Crippen LogP contribution in [0.4, 0.5) is 0 Å². The van der Waals surface area contributed by atoms with Gasteiger partial charge in [0.05, 0.1) is 0 Å². The van der Waals surface area contributed by atoms with E-state index in [1.54, 1.807) is 0 Å². The molecule has 2 aromatic carbocycles. The van der Waals surface area contributed by atoms with Gasteiger partial charge in [-0.25, -0.2) is 0 Å². The molecule has 0 fully saturated rings. The van der Waals surface area contributed by atoms with Crippen molar-refractivity contribution in [3.63, 3.8) is 0 Å². The predicted octanol–water partition coefficient (Wildman–Crippen LogP) is 5.58. The van der Waals surface area contributed by atoms with Crippen molar-refractivity contribution in [1.29, 1.82) is 0 Å². The normalized spacial score (nSPS) is 10.7. The van der Waals surface area contributed by atoms with Crippen molar-refractivity contribution in [1.82, 2.24) is 0 Å². The number of halogens is 1. The third-order valence-corrected chi connectivity index (χ3v) is 4.04. The fraction of sp³-hybridized carbons (Fsp3) is 0.368. The SMILES string of the molecule is BrCCc1cccc(CCCCCc2ccccc2)c1. The highest BCUT2D eigenvalue weighted by Crippen LogP contribution is 2.12. The molecule has 0 spiro atoms. The highest BCUT2D eigenvalue weighted by atomic mass is 79.9. The standard InChI is InChI=1S/C19H23Br/c20-15-14-19-13-7-12-18(16-19)11-6-2-5-10-17-8-3-1-4-9-17/h1,3-4,7-9,12-13,16H,2,5-6,10-11,14-15H2. The van der Waals surface area contributed by atoms with Crippen LogP contribution in [0.15, 0.2) is 54.6 Å². The van der Waals surface area contributed by atoms with Gasteiger partial charge in [0.25, 0.3) is 0 Å². The van der Waals surface area contributed by atoms with Gasteiger partial charge in [-0.15, -0.1) is 0 Å². The van der Waals surface area contributed by atoms with Gasteiger partial charge in [-0.2, -0.15) is 0 Å². The van der Waals surface area contributed by atoms with Crippen molar-refractivity contribution in [2.75, 3.05) is 5.33 Å². The average molecular weight is 331 g/mol. The number of alkyl halides is 1. The van der Waals surface area contributed by atoms with E-state index < -0.39 is 0 Å². The molecule has 0 atom stereocenters. The predicted molar refractivity (Wildman–Crippen MR) is 91.6 cm³/mol. The van der Waals surface area contributed by atoms with Crippen molar-refractivity contribution >= 4 is 15.9 Å².